The van der Waals surface area contributed by atoms with Gasteiger partial charge in [-0.3, -0.25) is 0 Å². The van der Waals surface area contributed by atoms with Gasteiger partial charge in [-0.15, -0.1) is 0 Å². The van der Waals surface area contributed by atoms with E-state index in [9.17, 15) is 13.2 Å². The summed E-state index contributed by atoms with van der Waals surface area (Å²) in [6.45, 7) is 2.92. The van der Waals surface area contributed by atoms with Gasteiger partial charge in [-0.2, -0.15) is 28.1 Å². The highest BCUT2D eigenvalue weighted by molar-refractivity contribution is 5.38. The van der Waals surface area contributed by atoms with Gasteiger partial charge < -0.3 is 15.0 Å². The number of nitrogens with zero attached hydrogens (tertiary/aromatic N) is 4. The molecule has 1 aromatic heterocycles. The van der Waals surface area contributed by atoms with Crippen molar-refractivity contribution in [1.29, 1.82) is 0 Å². The van der Waals surface area contributed by atoms with Crippen LogP contribution in [-0.2, 0) is 0 Å². The minimum absolute atomic E-state index is 0.00475. The molecule has 114 valence electrons. The molecule has 0 aliphatic carbocycles. The Balaban J connectivity index is 3.07. The third-order valence-electron chi connectivity index (χ3n) is 2.25. The maximum Gasteiger partial charge on any atom is 0.406 e. The molecule has 1 rings (SSSR count). The average Bonchev–Trinajstić information content (AvgIpc) is 2.36. The Labute approximate surface area is 115 Å². The summed E-state index contributed by atoms with van der Waals surface area (Å²) in [4.78, 5) is 12.8. The number of anilines is 2. The molecule has 0 atom stereocenters. The van der Waals surface area contributed by atoms with Crippen molar-refractivity contribution in [2.24, 2.45) is 0 Å². The summed E-state index contributed by atoms with van der Waals surface area (Å²) >= 11 is 0. The van der Waals surface area contributed by atoms with Gasteiger partial charge in [0.25, 0.3) is 0 Å². The van der Waals surface area contributed by atoms with Crippen LogP contribution < -0.4 is 15.0 Å². The SMILES string of the molecule is CCCN(CC(F)(F)F)c1nc(NC)nc(OCC)n1. The van der Waals surface area contributed by atoms with Crippen molar-refractivity contribution < 1.29 is 17.9 Å². The first-order valence-corrected chi connectivity index (χ1v) is 6.28. The normalized spacial score (nSPS) is 11.3. The van der Waals surface area contributed by atoms with Crippen molar-refractivity contribution in [2.45, 2.75) is 26.4 Å². The third kappa shape index (κ3) is 5.06. The molecular weight excluding hydrogens is 275 g/mol. The summed E-state index contributed by atoms with van der Waals surface area (Å²) < 4.78 is 42.9. The van der Waals surface area contributed by atoms with Crippen LogP contribution >= 0.6 is 0 Å². The van der Waals surface area contributed by atoms with E-state index in [-0.39, 0.29) is 24.5 Å². The molecule has 0 aliphatic heterocycles. The summed E-state index contributed by atoms with van der Waals surface area (Å²) in [5, 5.41) is 2.68. The number of hydrogen-bond acceptors (Lipinski definition) is 6. The molecule has 20 heavy (non-hydrogen) atoms. The van der Waals surface area contributed by atoms with Gasteiger partial charge in [0.1, 0.15) is 6.54 Å². The van der Waals surface area contributed by atoms with Crippen LogP contribution in [0.5, 0.6) is 6.01 Å². The number of alkyl halides is 3. The van der Waals surface area contributed by atoms with E-state index in [4.69, 9.17) is 4.74 Å². The fourth-order valence-electron chi connectivity index (χ4n) is 1.53. The molecule has 0 radical (unpaired) electrons. The minimum Gasteiger partial charge on any atom is -0.464 e. The Morgan fingerprint density at radius 2 is 1.90 bits per heavy atom. The van der Waals surface area contributed by atoms with E-state index >= 15 is 0 Å². The number of nitrogens with one attached hydrogen (secondary N) is 1. The van der Waals surface area contributed by atoms with Crippen LogP contribution in [0.1, 0.15) is 20.3 Å². The molecule has 0 aromatic carbocycles. The first-order chi connectivity index (χ1) is 9.39. The van der Waals surface area contributed by atoms with E-state index in [1.807, 2.05) is 0 Å². The lowest BCUT2D eigenvalue weighted by Crippen LogP contribution is -2.36. The highest BCUT2D eigenvalue weighted by Gasteiger charge is 2.32. The molecule has 0 unspecified atom stereocenters. The van der Waals surface area contributed by atoms with Crippen LogP contribution in [0.15, 0.2) is 0 Å². The number of aromatic nitrogens is 3. The lowest BCUT2D eigenvalue weighted by atomic mass is 10.4. The van der Waals surface area contributed by atoms with Crippen molar-refractivity contribution in [1.82, 2.24) is 15.0 Å². The Kier molecular flexibility index (Phi) is 5.78. The zero-order valence-corrected chi connectivity index (χ0v) is 11.7. The van der Waals surface area contributed by atoms with E-state index in [1.54, 1.807) is 20.9 Å². The smallest absolute Gasteiger partial charge is 0.406 e. The second-order valence-corrected chi connectivity index (χ2v) is 3.96. The summed E-state index contributed by atoms with van der Waals surface area (Å²) in [6.07, 6.45) is -3.78. The summed E-state index contributed by atoms with van der Waals surface area (Å²) in [7, 11) is 1.57. The van der Waals surface area contributed by atoms with Crippen LogP contribution in [0.3, 0.4) is 0 Å². The molecule has 0 saturated heterocycles. The molecule has 1 heterocycles. The number of ether oxygens (including phenoxy) is 1. The minimum atomic E-state index is -4.33. The summed E-state index contributed by atoms with van der Waals surface area (Å²) in [6, 6.07) is 0.00475. The summed E-state index contributed by atoms with van der Waals surface area (Å²) in [5.74, 6) is 0.119. The maximum atomic E-state index is 12.6. The van der Waals surface area contributed by atoms with Crippen LogP contribution in [0.4, 0.5) is 25.1 Å². The molecular formula is C11H18F3N5O. The molecule has 0 amide bonds. The standard InChI is InChI=1S/C11H18F3N5O/c1-4-6-19(7-11(12,13)14)9-16-8(15-3)17-10(18-9)20-5-2/h4-7H2,1-3H3,(H,15,16,17,18). The first-order valence-electron chi connectivity index (χ1n) is 6.28. The summed E-state index contributed by atoms with van der Waals surface area (Å²) in [5.41, 5.74) is 0. The molecule has 6 nitrogen and oxygen atoms in total. The van der Waals surface area contributed by atoms with E-state index in [0.717, 1.165) is 4.90 Å². The van der Waals surface area contributed by atoms with Crippen molar-refractivity contribution in [2.75, 3.05) is 37.0 Å². The maximum absolute atomic E-state index is 12.6. The van der Waals surface area contributed by atoms with Crippen LogP contribution in [0, 0.1) is 0 Å². The largest absolute Gasteiger partial charge is 0.464 e. The monoisotopic (exact) mass is 293 g/mol. The molecule has 0 fully saturated rings. The molecule has 1 aromatic rings. The van der Waals surface area contributed by atoms with Crippen molar-refractivity contribution in [3.63, 3.8) is 0 Å². The second kappa shape index (κ2) is 7.11. The van der Waals surface area contributed by atoms with Gasteiger partial charge in [-0.25, -0.2) is 0 Å². The van der Waals surface area contributed by atoms with E-state index < -0.39 is 12.7 Å². The highest BCUT2D eigenvalue weighted by Crippen LogP contribution is 2.21. The Bertz CT molecular complexity index is 427. The molecule has 0 saturated carbocycles. The average molecular weight is 293 g/mol. The van der Waals surface area contributed by atoms with Gasteiger partial charge in [-0.1, -0.05) is 6.92 Å². The Morgan fingerprint density at radius 3 is 2.40 bits per heavy atom. The Hall–Kier alpha value is -1.80. The predicted molar refractivity (Wildman–Crippen MR) is 69.1 cm³/mol. The third-order valence-corrected chi connectivity index (χ3v) is 2.25. The molecule has 9 heteroatoms. The second-order valence-electron chi connectivity index (χ2n) is 3.96. The fourth-order valence-corrected chi connectivity index (χ4v) is 1.53. The Morgan fingerprint density at radius 1 is 1.20 bits per heavy atom. The van der Waals surface area contributed by atoms with Crippen LogP contribution in [0.25, 0.3) is 0 Å². The number of rotatable bonds is 7. The van der Waals surface area contributed by atoms with Gasteiger partial charge in [0.15, 0.2) is 0 Å². The lowest BCUT2D eigenvalue weighted by molar-refractivity contribution is -0.119. The van der Waals surface area contributed by atoms with Crippen molar-refractivity contribution >= 4 is 11.9 Å². The van der Waals surface area contributed by atoms with E-state index in [2.05, 4.69) is 20.3 Å². The highest BCUT2D eigenvalue weighted by atomic mass is 19.4. The predicted octanol–water partition coefficient (Wildman–Crippen LogP) is 2.09. The van der Waals surface area contributed by atoms with Gasteiger partial charge in [0.2, 0.25) is 11.9 Å². The van der Waals surface area contributed by atoms with Crippen LogP contribution in [0.2, 0.25) is 0 Å². The van der Waals surface area contributed by atoms with Gasteiger partial charge in [-0.05, 0) is 13.3 Å². The van der Waals surface area contributed by atoms with Crippen molar-refractivity contribution in [3.05, 3.63) is 0 Å². The molecule has 0 aliphatic rings. The van der Waals surface area contributed by atoms with Crippen molar-refractivity contribution in [3.8, 4) is 6.01 Å². The first kappa shape index (κ1) is 16.3. The number of halogens is 3. The quantitative estimate of drug-likeness (QED) is 0.830. The lowest BCUT2D eigenvalue weighted by Gasteiger charge is -2.23. The zero-order valence-electron chi connectivity index (χ0n) is 11.7. The molecule has 0 bridgehead atoms. The van der Waals surface area contributed by atoms with Crippen LogP contribution in [-0.4, -0.2) is 47.9 Å². The van der Waals surface area contributed by atoms with Gasteiger partial charge in [0.05, 0.1) is 6.61 Å². The van der Waals surface area contributed by atoms with E-state index in [1.165, 1.54) is 0 Å². The van der Waals surface area contributed by atoms with E-state index in [0.29, 0.717) is 13.0 Å². The molecule has 0 spiro atoms. The topological polar surface area (TPSA) is 63.2 Å². The van der Waals surface area contributed by atoms with Gasteiger partial charge in [0, 0.05) is 13.6 Å². The fraction of sp³-hybridized carbons (Fsp3) is 0.727. The molecule has 1 N–H and O–H groups in total. The number of hydrogen-bond donors (Lipinski definition) is 1. The van der Waals surface area contributed by atoms with Gasteiger partial charge >= 0.3 is 12.2 Å². The zero-order chi connectivity index (χ0) is 15.2.